The van der Waals surface area contributed by atoms with Crippen molar-refractivity contribution in [2.45, 2.75) is 128 Å². The van der Waals surface area contributed by atoms with Gasteiger partial charge in [0.25, 0.3) is 0 Å². The van der Waals surface area contributed by atoms with E-state index in [1.165, 1.54) is 0 Å². The zero-order chi connectivity index (χ0) is 27.4. The average Bonchev–Trinajstić information content (AvgIpc) is 2.60. The summed E-state index contributed by atoms with van der Waals surface area (Å²) in [7, 11) is 0. The van der Waals surface area contributed by atoms with Crippen molar-refractivity contribution in [2.24, 2.45) is 0 Å². The summed E-state index contributed by atoms with van der Waals surface area (Å²) in [6.45, 7) is 29.6. The molecule has 0 heterocycles. The molecule has 0 radical (unpaired) electrons. The van der Waals surface area contributed by atoms with Crippen LogP contribution in [0.25, 0.3) is 0 Å². The molecule has 0 aliphatic rings. The fourth-order valence-corrected chi connectivity index (χ4v) is 5.27. The van der Waals surface area contributed by atoms with E-state index >= 15 is 0 Å². The molecule has 4 heteroatoms. The molecule has 196 valence electrons. The maximum Gasteiger partial charge on any atom is 0.153 e. The van der Waals surface area contributed by atoms with Crippen molar-refractivity contribution in [2.75, 3.05) is 0 Å². The second-order valence-electron chi connectivity index (χ2n) is 14.3. The minimum absolute atomic E-state index is 0.189. The summed E-state index contributed by atoms with van der Waals surface area (Å²) in [5.74, 6) is 1.49. The average molecular weight is 501 g/mol. The molecule has 2 N–H and O–H groups in total. The summed E-state index contributed by atoms with van der Waals surface area (Å²) in [5.41, 5.74) is 2.83. The molecule has 0 aliphatic heterocycles. The molecular weight excluding hydrogens is 452 g/mol. The third-order valence-electron chi connectivity index (χ3n) is 6.13. The van der Waals surface area contributed by atoms with Crippen LogP contribution in [0.2, 0.25) is 0 Å². The van der Waals surface area contributed by atoms with Gasteiger partial charge in [0.2, 0.25) is 0 Å². The number of hydrogen-bond donors (Lipinski definition) is 2. The Morgan fingerprint density at radius 3 is 1.09 bits per heavy atom. The molecule has 0 aliphatic carbocycles. The van der Waals surface area contributed by atoms with Gasteiger partial charge in [0.15, 0.2) is 4.93 Å². The van der Waals surface area contributed by atoms with Crippen LogP contribution in [0.15, 0.2) is 29.2 Å². The maximum atomic E-state index is 11.1. The third kappa shape index (κ3) is 7.12. The van der Waals surface area contributed by atoms with Gasteiger partial charge in [0.1, 0.15) is 17.2 Å². The number of aromatic hydroxyl groups is 2. The van der Waals surface area contributed by atoms with Gasteiger partial charge in [-0.1, -0.05) is 94.8 Å². The zero-order valence-corrected chi connectivity index (χ0v) is 25.3. The van der Waals surface area contributed by atoms with Gasteiger partial charge in [0, 0.05) is 27.1 Å². The van der Waals surface area contributed by atoms with Crippen LogP contribution in [0.4, 0.5) is 0 Å². The predicted molar refractivity (Wildman–Crippen MR) is 152 cm³/mol. The number of hydrogen-bond acceptors (Lipinski definition) is 4. The van der Waals surface area contributed by atoms with Crippen molar-refractivity contribution < 1.29 is 14.9 Å². The lowest BCUT2D eigenvalue weighted by molar-refractivity contribution is 0.205. The Bertz CT molecular complexity index is 913. The van der Waals surface area contributed by atoms with E-state index in [1.54, 1.807) is 11.8 Å². The van der Waals surface area contributed by atoms with E-state index in [2.05, 4.69) is 109 Å². The Hall–Kier alpha value is -1.81. The summed E-state index contributed by atoms with van der Waals surface area (Å²) >= 11 is 1.65. The van der Waals surface area contributed by atoms with Gasteiger partial charge < -0.3 is 14.9 Å². The van der Waals surface area contributed by atoms with Gasteiger partial charge in [0.05, 0.1) is 0 Å². The molecular formula is C31H48O3S. The van der Waals surface area contributed by atoms with E-state index in [0.717, 1.165) is 32.9 Å². The maximum absolute atomic E-state index is 11.1. The van der Waals surface area contributed by atoms with Crippen LogP contribution in [0.1, 0.15) is 119 Å². The minimum atomic E-state index is -0.581. The lowest BCUT2D eigenvalue weighted by Gasteiger charge is -2.32. The molecule has 0 spiro atoms. The molecule has 0 bridgehead atoms. The molecule has 35 heavy (non-hydrogen) atoms. The highest BCUT2D eigenvalue weighted by Gasteiger charge is 2.31. The van der Waals surface area contributed by atoms with Crippen LogP contribution < -0.4 is 4.74 Å². The van der Waals surface area contributed by atoms with E-state index in [0.29, 0.717) is 11.5 Å². The van der Waals surface area contributed by atoms with Gasteiger partial charge >= 0.3 is 0 Å². The van der Waals surface area contributed by atoms with Gasteiger partial charge in [-0.3, -0.25) is 0 Å². The predicted octanol–water partition coefficient (Wildman–Crippen LogP) is 9.20. The molecule has 0 saturated carbocycles. The smallest absolute Gasteiger partial charge is 0.153 e. The first-order valence-corrected chi connectivity index (χ1v) is 13.4. The van der Waals surface area contributed by atoms with Gasteiger partial charge in [-0.05, 0) is 59.8 Å². The zero-order valence-electron chi connectivity index (χ0n) is 24.5. The number of thioether (sulfide) groups is 1. The van der Waals surface area contributed by atoms with E-state index in [1.807, 2.05) is 12.1 Å². The lowest BCUT2D eigenvalue weighted by Crippen LogP contribution is -2.25. The number of benzene rings is 2. The number of ether oxygens (including phenoxy) is 1. The van der Waals surface area contributed by atoms with Crippen molar-refractivity contribution >= 4 is 11.8 Å². The highest BCUT2D eigenvalue weighted by atomic mass is 32.2. The quantitative estimate of drug-likeness (QED) is 0.324. The summed E-state index contributed by atoms with van der Waals surface area (Å²) in [6.07, 6.45) is 0. The first-order chi connectivity index (χ1) is 15.4. The molecule has 2 aromatic rings. The van der Waals surface area contributed by atoms with Crippen LogP contribution in [-0.2, 0) is 21.7 Å². The lowest BCUT2D eigenvalue weighted by atomic mass is 9.79. The van der Waals surface area contributed by atoms with E-state index in [9.17, 15) is 10.2 Å². The van der Waals surface area contributed by atoms with Crippen molar-refractivity contribution in [3.8, 4) is 17.2 Å². The fraction of sp³-hybridized carbons (Fsp3) is 0.613. The van der Waals surface area contributed by atoms with Crippen LogP contribution in [0, 0.1) is 0 Å². The largest absolute Gasteiger partial charge is 0.507 e. The van der Waals surface area contributed by atoms with E-state index in [-0.39, 0.29) is 21.7 Å². The number of phenolic OH excluding ortho intramolecular Hbond substituents is 2. The molecule has 0 unspecified atom stereocenters. The van der Waals surface area contributed by atoms with Crippen molar-refractivity contribution in [3.05, 3.63) is 46.5 Å². The third-order valence-corrected chi connectivity index (χ3v) is 7.17. The van der Waals surface area contributed by atoms with E-state index < -0.39 is 4.93 Å². The summed E-state index contributed by atoms with van der Waals surface area (Å²) in [5, 5.41) is 22.2. The minimum Gasteiger partial charge on any atom is -0.507 e. The molecule has 2 rings (SSSR count). The Morgan fingerprint density at radius 2 is 0.800 bits per heavy atom. The standard InChI is InChI=1S/C31H48O3S/c1-27(2,3)21-15-19(16-22(25(21)32)28(4,5)6)34-31(13,14)35-20-17-23(29(7,8)9)26(33)24(18-20)30(10,11)12/h15-18,32-33H,1-14H3. The van der Waals surface area contributed by atoms with Crippen LogP contribution >= 0.6 is 11.8 Å². The van der Waals surface area contributed by atoms with Gasteiger partial charge in [-0.2, -0.15) is 0 Å². The van der Waals surface area contributed by atoms with E-state index in [4.69, 9.17) is 4.74 Å². The molecule has 0 atom stereocenters. The molecule has 0 saturated heterocycles. The Labute approximate surface area is 218 Å². The van der Waals surface area contributed by atoms with Crippen LogP contribution in [0.3, 0.4) is 0 Å². The van der Waals surface area contributed by atoms with Crippen molar-refractivity contribution in [1.82, 2.24) is 0 Å². The highest BCUT2D eigenvalue weighted by Crippen LogP contribution is 2.46. The van der Waals surface area contributed by atoms with Gasteiger partial charge in [-0.25, -0.2) is 0 Å². The van der Waals surface area contributed by atoms with Crippen molar-refractivity contribution in [3.63, 3.8) is 0 Å². The SMILES string of the molecule is CC(C)(Oc1cc(C(C)(C)C)c(O)c(C(C)(C)C)c1)Sc1cc(C(C)(C)C)c(O)c(C(C)(C)C)c1. The molecule has 0 amide bonds. The summed E-state index contributed by atoms with van der Waals surface area (Å²) in [4.78, 5) is 0.483. The Balaban J connectivity index is 2.57. The highest BCUT2D eigenvalue weighted by molar-refractivity contribution is 8.00. The van der Waals surface area contributed by atoms with Gasteiger partial charge in [-0.15, -0.1) is 0 Å². The normalized spacial score (nSPS) is 13.8. The van der Waals surface area contributed by atoms with Crippen molar-refractivity contribution in [1.29, 1.82) is 0 Å². The molecule has 0 aromatic heterocycles. The number of phenols is 2. The molecule has 0 fully saturated rings. The Kier molecular flexibility index (Phi) is 7.77. The second kappa shape index (κ2) is 9.25. The monoisotopic (exact) mass is 500 g/mol. The second-order valence-corrected chi connectivity index (χ2v) is 16.0. The summed E-state index contributed by atoms with van der Waals surface area (Å²) < 4.78 is 6.60. The molecule has 3 nitrogen and oxygen atoms in total. The number of rotatable bonds is 4. The summed E-state index contributed by atoms with van der Waals surface area (Å²) in [6, 6.07) is 8.15. The molecule has 2 aromatic carbocycles. The first kappa shape index (κ1) is 29.4. The van der Waals surface area contributed by atoms with Crippen LogP contribution in [0.5, 0.6) is 17.2 Å². The topological polar surface area (TPSA) is 49.7 Å². The fourth-order valence-electron chi connectivity index (χ4n) is 4.21. The first-order valence-electron chi connectivity index (χ1n) is 12.6. The van der Waals surface area contributed by atoms with Crippen LogP contribution in [-0.4, -0.2) is 15.1 Å². The Morgan fingerprint density at radius 1 is 0.514 bits per heavy atom.